The number of rotatable bonds is 4. The van der Waals surface area contributed by atoms with Gasteiger partial charge in [0.2, 0.25) is 5.75 Å². The maximum atomic E-state index is 11.2. The Kier molecular flexibility index (Phi) is 3.60. The molecule has 7 nitrogen and oxygen atoms in total. The van der Waals surface area contributed by atoms with E-state index in [1.807, 2.05) is 6.92 Å². The average Bonchev–Trinajstić information content (AvgIpc) is 2.64. The van der Waals surface area contributed by atoms with Crippen molar-refractivity contribution in [1.82, 2.24) is 9.78 Å². The van der Waals surface area contributed by atoms with Gasteiger partial charge in [0.1, 0.15) is 11.4 Å². The molecule has 0 radical (unpaired) electrons. The molecule has 20 heavy (non-hydrogen) atoms. The Bertz CT molecular complexity index is 664. The molecule has 1 aromatic carbocycles. The molecule has 1 N–H and O–H groups in total. The van der Waals surface area contributed by atoms with Crippen molar-refractivity contribution in [1.29, 1.82) is 0 Å². The highest BCUT2D eigenvalue weighted by molar-refractivity contribution is 5.68. The van der Waals surface area contributed by atoms with Crippen molar-refractivity contribution in [3.8, 4) is 11.5 Å². The van der Waals surface area contributed by atoms with Crippen molar-refractivity contribution in [3.05, 3.63) is 39.7 Å². The number of hydrogen-bond acceptors (Lipinski definition) is 5. The molecule has 0 atom stereocenters. The van der Waals surface area contributed by atoms with Crippen LogP contribution in [-0.2, 0) is 7.05 Å². The van der Waals surface area contributed by atoms with Gasteiger partial charge in [0.15, 0.2) is 5.75 Å². The molecule has 0 bridgehead atoms. The number of hydrogen-bond donors (Lipinski definition) is 1. The molecule has 1 aromatic heterocycles. The maximum Gasteiger partial charge on any atom is 0.334 e. The SMILES string of the molecule is CNc1cccc(Oc2c(C)nn(C)c2C)c1[N+](=O)[O-]. The number of nitrogens with one attached hydrogen (secondary N) is 1. The van der Waals surface area contributed by atoms with Gasteiger partial charge in [-0.3, -0.25) is 14.8 Å². The van der Waals surface area contributed by atoms with E-state index in [0.717, 1.165) is 5.69 Å². The summed E-state index contributed by atoms with van der Waals surface area (Å²) in [7, 11) is 3.43. The van der Waals surface area contributed by atoms with Crippen LogP contribution >= 0.6 is 0 Å². The molecule has 0 unspecified atom stereocenters. The molecule has 7 heteroatoms. The van der Waals surface area contributed by atoms with E-state index in [4.69, 9.17) is 4.74 Å². The van der Waals surface area contributed by atoms with Gasteiger partial charge in [0.05, 0.1) is 10.6 Å². The molecule has 0 aliphatic carbocycles. The Morgan fingerprint density at radius 2 is 2.10 bits per heavy atom. The van der Waals surface area contributed by atoms with Crippen molar-refractivity contribution >= 4 is 11.4 Å². The van der Waals surface area contributed by atoms with Crippen LogP contribution in [-0.4, -0.2) is 21.8 Å². The largest absolute Gasteiger partial charge is 0.446 e. The van der Waals surface area contributed by atoms with Crippen molar-refractivity contribution in [3.63, 3.8) is 0 Å². The van der Waals surface area contributed by atoms with E-state index < -0.39 is 4.92 Å². The molecule has 0 saturated carbocycles. The zero-order valence-corrected chi connectivity index (χ0v) is 11.8. The highest BCUT2D eigenvalue weighted by Crippen LogP contribution is 2.38. The summed E-state index contributed by atoms with van der Waals surface area (Å²) < 4.78 is 7.41. The summed E-state index contributed by atoms with van der Waals surface area (Å²) in [4.78, 5) is 10.8. The Morgan fingerprint density at radius 1 is 1.40 bits per heavy atom. The standard InChI is InChI=1S/C13H16N4O3/c1-8-13(9(2)16(4)15-8)20-11-7-5-6-10(14-3)12(11)17(18)19/h5-7,14H,1-4H3. The number of aryl methyl sites for hydroxylation is 2. The van der Waals surface area contributed by atoms with Crippen LogP contribution in [0.15, 0.2) is 18.2 Å². The van der Waals surface area contributed by atoms with Crippen LogP contribution in [0.1, 0.15) is 11.4 Å². The monoisotopic (exact) mass is 276 g/mol. The molecular formula is C13H16N4O3. The normalized spacial score (nSPS) is 10.4. The lowest BCUT2D eigenvalue weighted by atomic mass is 10.2. The number of anilines is 1. The minimum Gasteiger partial charge on any atom is -0.446 e. The first-order valence-corrected chi connectivity index (χ1v) is 6.09. The average molecular weight is 276 g/mol. The van der Waals surface area contributed by atoms with Crippen LogP contribution in [0.3, 0.4) is 0 Å². The van der Waals surface area contributed by atoms with Gasteiger partial charge in [0, 0.05) is 14.1 Å². The highest BCUT2D eigenvalue weighted by atomic mass is 16.6. The Balaban J connectivity index is 2.51. The van der Waals surface area contributed by atoms with E-state index in [1.165, 1.54) is 0 Å². The predicted molar refractivity (Wildman–Crippen MR) is 75.4 cm³/mol. The summed E-state index contributed by atoms with van der Waals surface area (Å²) in [6.45, 7) is 3.65. The summed E-state index contributed by atoms with van der Waals surface area (Å²) in [6.07, 6.45) is 0. The second kappa shape index (κ2) is 5.20. The number of aromatic nitrogens is 2. The summed E-state index contributed by atoms with van der Waals surface area (Å²) in [5.41, 5.74) is 1.82. The zero-order chi connectivity index (χ0) is 14.9. The van der Waals surface area contributed by atoms with Gasteiger partial charge >= 0.3 is 5.69 Å². The Morgan fingerprint density at radius 3 is 2.60 bits per heavy atom. The lowest BCUT2D eigenvalue weighted by Gasteiger charge is -2.09. The number of nitrogens with zero attached hydrogens (tertiary/aromatic N) is 3. The Labute approximate surface area is 116 Å². The van der Waals surface area contributed by atoms with E-state index in [2.05, 4.69) is 10.4 Å². The molecule has 0 aliphatic heterocycles. The minimum absolute atomic E-state index is 0.0855. The van der Waals surface area contributed by atoms with Gasteiger partial charge < -0.3 is 10.1 Å². The molecule has 0 saturated heterocycles. The van der Waals surface area contributed by atoms with Gasteiger partial charge in [0.25, 0.3) is 0 Å². The van der Waals surface area contributed by atoms with Crippen LogP contribution in [0.25, 0.3) is 0 Å². The molecule has 2 aromatic rings. The molecule has 0 amide bonds. The summed E-state index contributed by atoms with van der Waals surface area (Å²) in [5.74, 6) is 0.741. The van der Waals surface area contributed by atoms with Gasteiger partial charge in [-0.25, -0.2) is 0 Å². The second-order valence-corrected chi connectivity index (χ2v) is 4.39. The van der Waals surface area contributed by atoms with E-state index in [0.29, 0.717) is 17.1 Å². The lowest BCUT2D eigenvalue weighted by molar-refractivity contribution is -0.384. The fourth-order valence-electron chi connectivity index (χ4n) is 2.01. The molecule has 0 fully saturated rings. The zero-order valence-electron chi connectivity index (χ0n) is 11.8. The summed E-state index contributed by atoms with van der Waals surface area (Å²) >= 11 is 0. The maximum absolute atomic E-state index is 11.2. The molecule has 1 heterocycles. The smallest absolute Gasteiger partial charge is 0.334 e. The van der Waals surface area contributed by atoms with Gasteiger partial charge in [-0.1, -0.05) is 6.07 Å². The predicted octanol–water partition coefficient (Wildman–Crippen LogP) is 2.78. The first-order chi connectivity index (χ1) is 9.45. The minimum atomic E-state index is -0.456. The van der Waals surface area contributed by atoms with Crippen LogP contribution in [0.5, 0.6) is 11.5 Å². The van der Waals surface area contributed by atoms with Gasteiger partial charge in [-0.15, -0.1) is 0 Å². The highest BCUT2D eigenvalue weighted by Gasteiger charge is 2.23. The first-order valence-electron chi connectivity index (χ1n) is 6.09. The van der Waals surface area contributed by atoms with Crippen LogP contribution < -0.4 is 10.1 Å². The number of nitro benzene ring substituents is 1. The molecule has 2 rings (SSSR count). The quantitative estimate of drug-likeness (QED) is 0.685. The second-order valence-electron chi connectivity index (χ2n) is 4.39. The van der Waals surface area contributed by atoms with Crippen molar-refractivity contribution in [2.75, 3.05) is 12.4 Å². The molecule has 0 spiro atoms. The van der Waals surface area contributed by atoms with Crippen molar-refractivity contribution < 1.29 is 9.66 Å². The van der Waals surface area contributed by atoms with Gasteiger partial charge in [-0.05, 0) is 26.0 Å². The van der Waals surface area contributed by atoms with E-state index >= 15 is 0 Å². The van der Waals surface area contributed by atoms with Gasteiger partial charge in [-0.2, -0.15) is 5.10 Å². The Hall–Kier alpha value is -2.57. The summed E-state index contributed by atoms with van der Waals surface area (Å²) in [5, 5.41) is 18.3. The van der Waals surface area contributed by atoms with E-state index in [9.17, 15) is 10.1 Å². The third kappa shape index (κ3) is 2.29. The molecule has 106 valence electrons. The summed E-state index contributed by atoms with van der Waals surface area (Å²) in [6, 6.07) is 4.91. The third-order valence-corrected chi connectivity index (χ3v) is 3.11. The lowest BCUT2D eigenvalue weighted by Crippen LogP contribution is -2.00. The van der Waals surface area contributed by atoms with E-state index in [1.54, 1.807) is 43.9 Å². The molecule has 0 aliphatic rings. The molecular weight excluding hydrogens is 260 g/mol. The number of ether oxygens (including phenoxy) is 1. The van der Waals surface area contributed by atoms with Crippen LogP contribution in [0, 0.1) is 24.0 Å². The fourth-order valence-corrected chi connectivity index (χ4v) is 2.01. The van der Waals surface area contributed by atoms with Crippen LogP contribution in [0.4, 0.5) is 11.4 Å². The first kappa shape index (κ1) is 13.9. The number of nitro groups is 1. The third-order valence-electron chi connectivity index (χ3n) is 3.11. The topological polar surface area (TPSA) is 82.2 Å². The number of benzene rings is 1. The van der Waals surface area contributed by atoms with Crippen LogP contribution in [0.2, 0.25) is 0 Å². The van der Waals surface area contributed by atoms with E-state index in [-0.39, 0.29) is 11.4 Å². The van der Waals surface area contributed by atoms with Crippen molar-refractivity contribution in [2.24, 2.45) is 7.05 Å². The number of para-hydroxylation sites is 1. The fraction of sp³-hybridized carbons (Fsp3) is 0.308. The van der Waals surface area contributed by atoms with Crippen molar-refractivity contribution in [2.45, 2.75) is 13.8 Å².